The molecule has 3 rings (SSSR count). The first kappa shape index (κ1) is 13.0. The number of nitrogen functional groups attached to an aromatic ring is 1. The van der Waals surface area contributed by atoms with Gasteiger partial charge in [0.1, 0.15) is 5.69 Å². The lowest BCUT2D eigenvalue weighted by atomic mass is 9.86. The summed E-state index contributed by atoms with van der Waals surface area (Å²) in [5.41, 5.74) is 8.02. The van der Waals surface area contributed by atoms with E-state index in [4.69, 9.17) is 5.73 Å². The first-order valence-electron chi connectivity index (χ1n) is 7.33. The van der Waals surface area contributed by atoms with Crippen LogP contribution < -0.4 is 11.1 Å². The van der Waals surface area contributed by atoms with Crippen LogP contribution in [0.4, 0.5) is 5.69 Å². The maximum Gasteiger partial charge on any atom is 0.267 e. The fraction of sp³-hybridized carbons (Fsp3) is 0.438. The number of H-pyrrole nitrogens is 1. The molecule has 1 aromatic carbocycles. The van der Waals surface area contributed by atoms with Crippen molar-refractivity contribution in [1.29, 1.82) is 0 Å². The van der Waals surface area contributed by atoms with Gasteiger partial charge in [0.05, 0.1) is 11.2 Å². The van der Waals surface area contributed by atoms with Gasteiger partial charge in [-0.25, -0.2) is 0 Å². The second kappa shape index (κ2) is 5.19. The molecule has 0 spiro atoms. The Balaban J connectivity index is 1.80. The monoisotopic (exact) mass is 271 g/mol. The number of para-hydroxylation sites is 1. The Morgan fingerprint density at radius 3 is 2.90 bits per heavy atom. The minimum atomic E-state index is -0.0284. The normalized spacial score (nSPS) is 22.9. The molecule has 4 N–H and O–H groups in total. The van der Waals surface area contributed by atoms with E-state index in [-0.39, 0.29) is 5.91 Å². The fourth-order valence-corrected chi connectivity index (χ4v) is 3.08. The van der Waals surface area contributed by atoms with Gasteiger partial charge in [0.2, 0.25) is 0 Å². The molecule has 2 atom stereocenters. The smallest absolute Gasteiger partial charge is 0.267 e. The number of nitrogens with one attached hydrogen (secondary N) is 2. The lowest BCUT2D eigenvalue weighted by Gasteiger charge is -2.29. The fourth-order valence-electron chi connectivity index (χ4n) is 3.08. The Kier molecular flexibility index (Phi) is 3.38. The molecule has 1 aliphatic rings. The number of aromatic amines is 1. The van der Waals surface area contributed by atoms with Crippen LogP contribution in [0.15, 0.2) is 24.3 Å². The van der Waals surface area contributed by atoms with Gasteiger partial charge in [-0.3, -0.25) is 4.79 Å². The second-order valence-corrected chi connectivity index (χ2v) is 5.84. The molecule has 1 fully saturated rings. The Labute approximate surface area is 118 Å². The second-order valence-electron chi connectivity index (χ2n) is 5.84. The number of nitrogens with two attached hydrogens (primary N) is 1. The van der Waals surface area contributed by atoms with Gasteiger partial charge in [0, 0.05) is 11.4 Å². The number of aromatic nitrogens is 1. The highest BCUT2D eigenvalue weighted by molar-refractivity contribution is 6.00. The summed E-state index contributed by atoms with van der Waals surface area (Å²) >= 11 is 0. The third-order valence-corrected chi connectivity index (χ3v) is 4.36. The van der Waals surface area contributed by atoms with Crippen LogP contribution in [0.1, 0.15) is 43.1 Å². The van der Waals surface area contributed by atoms with E-state index in [0.29, 0.717) is 23.3 Å². The number of carbonyl (C=O) groups excluding carboxylic acids is 1. The van der Waals surface area contributed by atoms with Gasteiger partial charge in [-0.1, -0.05) is 31.9 Å². The zero-order valence-corrected chi connectivity index (χ0v) is 11.8. The summed E-state index contributed by atoms with van der Waals surface area (Å²) in [6, 6.07) is 7.86. The standard InChI is InChI=1S/C16H21N3O/c1-10-5-2-3-8-13(10)19-16(20)14-9-11-6-4-7-12(17)15(11)18-14/h4,6-7,9-10,13,18H,2-3,5,8,17H2,1H3,(H,19,20). The van der Waals surface area contributed by atoms with Crippen LogP contribution in [-0.4, -0.2) is 16.9 Å². The van der Waals surface area contributed by atoms with E-state index >= 15 is 0 Å². The number of amides is 1. The molecule has 0 radical (unpaired) electrons. The summed E-state index contributed by atoms with van der Waals surface area (Å²) in [6.07, 6.45) is 4.76. The maximum atomic E-state index is 12.4. The molecule has 20 heavy (non-hydrogen) atoms. The number of hydrogen-bond acceptors (Lipinski definition) is 2. The average Bonchev–Trinajstić information content (AvgIpc) is 2.87. The van der Waals surface area contributed by atoms with Gasteiger partial charge in [0.25, 0.3) is 5.91 Å². The number of hydrogen-bond donors (Lipinski definition) is 3. The predicted molar refractivity (Wildman–Crippen MR) is 81.6 cm³/mol. The van der Waals surface area contributed by atoms with Crippen molar-refractivity contribution in [3.8, 4) is 0 Å². The lowest BCUT2D eigenvalue weighted by Crippen LogP contribution is -2.41. The number of carbonyl (C=O) groups is 1. The molecule has 4 nitrogen and oxygen atoms in total. The molecular weight excluding hydrogens is 250 g/mol. The Morgan fingerprint density at radius 1 is 1.35 bits per heavy atom. The van der Waals surface area contributed by atoms with Gasteiger partial charge >= 0.3 is 0 Å². The molecule has 106 valence electrons. The Morgan fingerprint density at radius 2 is 2.15 bits per heavy atom. The van der Waals surface area contributed by atoms with Crippen LogP contribution in [0.3, 0.4) is 0 Å². The molecule has 1 heterocycles. The highest BCUT2D eigenvalue weighted by Gasteiger charge is 2.23. The number of anilines is 1. The number of rotatable bonds is 2. The van der Waals surface area contributed by atoms with Crippen molar-refractivity contribution in [1.82, 2.24) is 10.3 Å². The van der Waals surface area contributed by atoms with E-state index in [2.05, 4.69) is 17.2 Å². The van der Waals surface area contributed by atoms with Crippen molar-refractivity contribution in [2.24, 2.45) is 5.92 Å². The molecule has 0 saturated heterocycles. The molecule has 0 bridgehead atoms. The van der Waals surface area contributed by atoms with E-state index in [0.717, 1.165) is 17.3 Å². The summed E-state index contributed by atoms with van der Waals surface area (Å²) < 4.78 is 0. The van der Waals surface area contributed by atoms with Gasteiger partial charge in [-0.2, -0.15) is 0 Å². The zero-order valence-electron chi connectivity index (χ0n) is 11.8. The average molecular weight is 271 g/mol. The largest absolute Gasteiger partial charge is 0.397 e. The molecule has 1 aliphatic carbocycles. The summed E-state index contributed by atoms with van der Waals surface area (Å²) in [5.74, 6) is 0.529. The van der Waals surface area contributed by atoms with Crippen LogP contribution in [0, 0.1) is 5.92 Å². The molecule has 4 heteroatoms. The summed E-state index contributed by atoms with van der Waals surface area (Å²) in [6.45, 7) is 2.22. The van der Waals surface area contributed by atoms with Crippen LogP contribution in [0.2, 0.25) is 0 Å². The first-order valence-corrected chi connectivity index (χ1v) is 7.33. The first-order chi connectivity index (χ1) is 9.65. The van der Waals surface area contributed by atoms with Crippen LogP contribution >= 0.6 is 0 Å². The number of fused-ring (bicyclic) bond motifs is 1. The maximum absolute atomic E-state index is 12.4. The van der Waals surface area contributed by atoms with Crippen molar-refractivity contribution < 1.29 is 4.79 Å². The van der Waals surface area contributed by atoms with E-state index in [9.17, 15) is 4.79 Å². The van der Waals surface area contributed by atoms with E-state index in [1.165, 1.54) is 19.3 Å². The van der Waals surface area contributed by atoms with Crippen LogP contribution in [0.5, 0.6) is 0 Å². The molecule has 2 unspecified atom stereocenters. The van der Waals surface area contributed by atoms with Gasteiger partial charge < -0.3 is 16.0 Å². The summed E-state index contributed by atoms with van der Waals surface area (Å²) in [5, 5.41) is 4.13. The van der Waals surface area contributed by atoms with Crippen molar-refractivity contribution in [2.75, 3.05) is 5.73 Å². The van der Waals surface area contributed by atoms with Crippen molar-refractivity contribution >= 4 is 22.5 Å². The topological polar surface area (TPSA) is 70.9 Å². The van der Waals surface area contributed by atoms with Crippen molar-refractivity contribution in [3.63, 3.8) is 0 Å². The molecular formula is C16H21N3O. The Hall–Kier alpha value is -1.97. The van der Waals surface area contributed by atoms with E-state index < -0.39 is 0 Å². The number of benzene rings is 1. The zero-order chi connectivity index (χ0) is 14.1. The highest BCUT2D eigenvalue weighted by atomic mass is 16.1. The van der Waals surface area contributed by atoms with E-state index in [1.807, 2.05) is 24.3 Å². The minimum absolute atomic E-state index is 0.0284. The highest BCUT2D eigenvalue weighted by Crippen LogP contribution is 2.25. The van der Waals surface area contributed by atoms with E-state index in [1.54, 1.807) is 0 Å². The minimum Gasteiger partial charge on any atom is -0.397 e. The quantitative estimate of drug-likeness (QED) is 0.735. The predicted octanol–water partition coefficient (Wildman–Crippen LogP) is 3.06. The lowest BCUT2D eigenvalue weighted by molar-refractivity contribution is 0.0906. The molecule has 1 amide bonds. The van der Waals surface area contributed by atoms with Gasteiger partial charge in [-0.15, -0.1) is 0 Å². The van der Waals surface area contributed by atoms with Crippen molar-refractivity contribution in [2.45, 2.75) is 38.6 Å². The molecule has 1 saturated carbocycles. The van der Waals surface area contributed by atoms with Gasteiger partial charge in [-0.05, 0) is 30.9 Å². The Bertz CT molecular complexity index is 632. The SMILES string of the molecule is CC1CCCCC1NC(=O)c1cc2cccc(N)c2[nH]1. The van der Waals surface area contributed by atoms with Crippen LogP contribution in [0.25, 0.3) is 10.9 Å². The third kappa shape index (κ3) is 2.38. The summed E-state index contributed by atoms with van der Waals surface area (Å²) in [4.78, 5) is 15.5. The third-order valence-electron chi connectivity index (χ3n) is 4.36. The van der Waals surface area contributed by atoms with Crippen LogP contribution in [-0.2, 0) is 0 Å². The molecule has 0 aliphatic heterocycles. The molecule has 2 aromatic rings. The summed E-state index contributed by atoms with van der Waals surface area (Å²) in [7, 11) is 0. The van der Waals surface area contributed by atoms with Crippen molar-refractivity contribution in [3.05, 3.63) is 30.0 Å². The molecule has 1 aromatic heterocycles. The van der Waals surface area contributed by atoms with Gasteiger partial charge in [0.15, 0.2) is 0 Å².